The number of carboxylic acid groups (broad SMARTS) is 1. The van der Waals surface area contributed by atoms with Gasteiger partial charge in [0.1, 0.15) is 5.84 Å². The molecule has 29 heavy (non-hydrogen) atoms. The molecule has 0 spiro atoms. The lowest BCUT2D eigenvalue weighted by Crippen LogP contribution is -2.27. The van der Waals surface area contributed by atoms with Gasteiger partial charge in [0.2, 0.25) is 0 Å². The third kappa shape index (κ3) is 4.75. The zero-order valence-corrected chi connectivity index (χ0v) is 16.1. The van der Waals surface area contributed by atoms with Crippen LogP contribution in [-0.2, 0) is 9.59 Å². The first kappa shape index (κ1) is 20.0. The zero-order chi connectivity index (χ0) is 21.0. The van der Waals surface area contributed by atoms with Crippen molar-refractivity contribution in [3.05, 3.63) is 53.6 Å². The Morgan fingerprint density at radius 1 is 1.28 bits per heavy atom. The molecule has 0 saturated heterocycles. The van der Waals surface area contributed by atoms with Crippen molar-refractivity contribution in [3.63, 3.8) is 0 Å². The molecule has 0 fully saturated rings. The molecular weight excluding hydrogens is 376 g/mol. The minimum absolute atomic E-state index is 0.0970. The Morgan fingerprint density at radius 3 is 2.66 bits per heavy atom. The first-order chi connectivity index (χ1) is 13.8. The van der Waals surface area contributed by atoms with Gasteiger partial charge in [-0.1, -0.05) is 6.07 Å². The van der Waals surface area contributed by atoms with Crippen LogP contribution in [0.4, 0.5) is 5.69 Å². The van der Waals surface area contributed by atoms with Crippen molar-refractivity contribution in [3.8, 4) is 11.5 Å². The second kappa shape index (κ2) is 8.51. The monoisotopic (exact) mass is 398 g/mol. The number of carbonyl (C=O) groups is 2. The number of rotatable bonds is 4. The molecule has 2 aromatic carbocycles. The van der Waals surface area contributed by atoms with E-state index in [1.54, 1.807) is 56.6 Å². The van der Waals surface area contributed by atoms with Crippen LogP contribution in [0.3, 0.4) is 0 Å². The van der Waals surface area contributed by atoms with Crippen LogP contribution in [0, 0.1) is 0 Å². The van der Waals surface area contributed by atoms with Gasteiger partial charge in [-0.05, 0) is 42.0 Å². The number of likely N-dealkylation sites (N-methyl/N-ethyl adjacent to an activating group) is 1. The average Bonchev–Trinajstić information content (AvgIpc) is 2.71. The molecule has 0 aliphatic carbocycles. The lowest BCUT2D eigenvalue weighted by atomic mass is 10.1. The van der Waals surface area contributed by atoms with E-state index in [1.165, 1.54) is 4.90 Å². The summed E-state index contributed by atoms with van der Waals surface area (Å²) >= 11 is 0. The third-order valence-corrected chi connectivity index (χ3v) is 4.34. The second-order valence-corrected chi connectivity index (χ2v) is 6.59. The summed E-state index contributed by atoms with van der Waals surface area (Å²) in [5, 5.41) is 12.7. The Morgan fingerprint density at radius 2 is 2.00 bits per heavy atom. The van der Waals surface area contributed by atoms with E-state index >= 15 is 0 Å². The average molecular weight is 398 g/mol. The lowest BCUT2D eigenvalue weighted by molar-refractivity contribution is -0.138. The molecule has 1 amide bonds. The molecule has 0 radical (unpaired) electrons. The Hall–Kier alpha value is -3.75. The van der Waals surface area contributed by atoms with Gasteiger partial charge in [-0.25, -0.2) is 9.79 Å². The van der Waals surface area contributed by atoms with Gasteiger partial charge in [0.25, 0.3) is 5.91 Å². The van der Waals surface area contributed by atoms with Gasteiger partial charge in [0, 0.05) is 25.3 Å². The van der Waals surface area contributed by atoms with Crippen molar-refractivity contribution in [2.24, 2.45) is 10.7 Å². The number of benzene rings is 2. The van der Waals surface area contributed by atoms with Crippen molar-refractivity contribution < 1.29 is 24.2 Å². The number of fused-ring (bicyclic) bond motifs is 5. The molecule has 0 saturated carbocycles. The van der Waals surface area contributed by atoms with Crippen LogP contribution >= 0.6 is 0 Å². The number of carboxylic acids is 1. The highest BCUT2D eigenvalue weighted by atomic mass is 16.5. The van der Waals surface area contributed by atoms with E-state index in [0.29, 0.717) is 22.6 Å². The fraction of sp³-hybridized carbons (Fsp3) is 0.250. The normalized spacial score (nSPS) is 15.5. The summed E-state index contributed by atoms with van der Waals surface area (Å²) in [6, 6.07) is 10.7. The number of amidine groups is 1. The van der Waals surface area contributed by atoms with Gasteiger partial charge in [0.15, 0.2) is 30.9 Å². The Labute approximate surface area is 167 Å². The number of hydrogen-bond donors (Lipinski definition) is 3. The summed E-state index contributed by atoms with van der Waals surface area (Å²) in [6.07, 6.45) is 0. The predicted octanol–water partition coefficient (Wildman–Crippen LogP) is 1.45. The highest BCUT2D eigenvalue weighted by molar-refractivity contribution is 5.97. The number of ether oxygens (including phenoxy) is 2. The summed E-state index contributed by atoms with van der Waals surface area (Å²) in [5.74, 6) is -0.425. The molecule has 0 aromatic heterocycles. The standard InChI is InChI=1S/C20H22N4O5/c1-24(2)17(25)10-28-15-8-5-13-9-16(15)29-11-22-19(21)12-3-6-14(7-4-12)23-18(13)20(26)27/h3-9,18,23H,10-11H2,1-2H3,(H2,21,22)(H,26,27). The highest BCUT2D eigenvalue weighted by Crippen LogP contribution is 2.32. The van der Waals surface area contributed by atoms with Crippen LogP contribution in [0.1, 0.15) is 17.2 Å². The molecule has 2 aromatic rings. The number of amides is 1. The molecule has 2 heterocycles. The minimum Gasteiger partial charge on any atom is -0.480 e. The maximum Gasteiger partial charge on any atom is 0.330 e. The van der Waals surface area contributed by atoms with Gasteiger partial charge in [0.05, 0.1) is 0 Å². The molecule has 2 aliphatic heterocycles. The summed E-state index contributed by atoms with van der Waals surface area (Å²) in [6.45, 7) is -0.279. The highest BCUT2D eigenvalue weighted by Gasteiger charge is 2.22. The predicted molar refractivity (Wildman–Crippen MR) is 107 cm³/mol. The number of nitrogens with two attached hydrogens (primary N) is 1. The first-order valence-electron chi connectivity index (χ1n) is 8.84. The number of aliphatic imine (C=N–C) groups is 1. The Kier molecular flexibility index (Phi) is 5.87. The van der Waals surface area contributed by atoms with Gasteiger partial charge in [-0.2, -0.15) is 0 Å². The third-order valence-electron chi connectivity index (χ3n) is 4.34. The maximum atomic E-state index is 11.9. The second-order valence-electron chi connectivity index (χ2n) is 6.59. The van der Waals surface area contributed by atoms with Crippen LogP contribution < -0.4 is 20.5 Å². The number of carbonyl (C=O) groups excluding carboxylic acids is 1. The molecule has 9 heteroatoms. The molecule has 1 atom stereocenters. The topological polar surface area (TPSA) is 126 Å². The van der Waals surface area contributed by atoms with E-state index in [0.717, 1.165) is 0 Å². The van der Waals surface area contributed by atoms with Gasteiger partial charge < -0.3 is 30.5 Å². The van der Waals surface area contributed by atoms with Gasteiger partial charge in [-0.3, -0.25) is 4.79 Å². The van der Waals surface area contributed by atoms with Crippen LogP contribution in [0.2, 0.25) is 0 Å². The molecule has 9 nitrogen and oxygen atoms in total. The minimum atomic E-state index is -1.05. The molecular formula is C20H22N4O5. The van der Waals surface area contributed by atoms with E-state index in [-0.39, 0.29) is 30.8 Å². The van der Waals surface area contributed by atoms with E-state index in [9.17, 15) is 14.7 Å². The van der Waals surface area contributed by atoms with Gasteiger partial charge in [-0.15, -0.1) is 0 Å². The number of anilines is 1. The Balaban J connectivity index is 1.98. The zero-order valence-electron chi connectivity index (χ0n) is 16.1. The van der Waals surface area contributed by atoms with E-state index < -0.39 is 12.0 Å². The molecule has 1 unspecified atom stereocenters. The number of nitrogens with one attached hydrogen (secondary N) is 1. The molecule has 4 bridgehead atoms. The molecule has 4 rings (SSSR count). The molecule has 2 aliphatic rings. The lowest BCUT2D eigenvalue weighted by Gasteiger charge is -2.19. The molecule has 4 N–H and O–H groups in total. The summed E-state index contributed by atoms with van der Waals surface area (Å²) in [5.41, 5.74) is 7.74. The summed E-state index contributed by atoms with van der Waals surface area (Å²) in [7, 11) is 3.25. The smallest absolute Gasteiger partial charge is 0.330 e. The van der Waals surface area contributed by atoms with Crippen molar-refractivity contribution >= 4 is 23.4 Å². The fourth-order valence-electron chi connectivity index (χ4n) is 2.66. The van der Waals surface area contributed by atoms with Crippen molar-refractivity contribution in [1.82, 2.24) is 4.90 Å². The number of nitrogens with zero attached hydrogens (tertiary/aromatic N) is 2. The van der Waals surface area contributed by atoms with Crippen molar-refractivity contribution in [1.29, 1.82) is 0 Å². The molecule has 152 valence electrons. The van der Waals surface area contributed by atoms with Crippen LogP contribution in [-0.4, -0.2) is 55.2 Å². The largest absolute Gasteiger partial charge is 0.480 e. The van der Waals surface area contributed by atoms with Crippen molar-refractivity contribution in [2.45, 2.75) is 6.04 Å². The van der Waals surface area contributed by atoms with Crippen LogP contribution in [0.5, 0.6) is 11.5 Å². The summed E-state index contributed by atoms with van der Waals surface area (Å²) in [4.78, 5) is 29.3. The van der Waals surface area contributed by atoms with Crippen LogP contribution in [0.15, 0.2) is 47.5 Å². The first-order valence-corrected chi connectivity index (χ1v) is 8.84. The van der Waals surface area contributed by atoms with Gasteiger partial charge >= 0.3 is 5.97 Å². The van der Waals surface area contributed by atoms with E-state index in [2.05, 4.69) is 10.3 Å². The number of hydrogen-bond acceptors (Lipinski definition) is 7. The van der Waals surface area contributed by atoms with E-state index in [4.69, 9.17) is 15.2 Å². The summed E-state index contributed by atoms with van der Waals surface area (Å²) < 4.78 is 11.2. The van der Waals surface area contributed by atoms with Crippen molar-refractivity contribution in [2.75, 3.05) is 32.7 Å². The van der Waals surface area contributed by atoms with E-state index in [1.807, 2.05) is 0 Å². The SMILES string of the molecule is CN(C)C(=O)COc1ccc2cc1OCN=C(N)c1ccc(cc1)NC2C(=O)O. The fourth-order valence-corrected chi connectivity index (χ4v) is 2.66. The number of aliphatic carboxylic acids is 1. The van der Waals surface area contributed by atoms with Crippen LogP contribution in [0.25, 0.3) is 0 Å². The quantitative estimate of drug-likeness (QED) is 0.711. The Bertz CT molecular complexity index is 940. The maximum absolute atomic E-state index is 11.9.